The van der Waals surface area contributed by atoms with E-state index in [4.69, 9.17) is 0 Å². The van der Waals surface area contributed by atoms with Gasteiger partial charge >= 0.3 is 5.97 Å². The smallest absolute Gasteiger partial charge is 0.347 e. The van der Waals surface area contributed by atoms with Crippen LogP contribution < -0.4 is 0 Å². The van der Waals surface area contributed by atoms with E-state index in [9.17, 15) is 9.90 Å². The molecule has 0 spiro atoms. The van der Waals surface area contributed by atoms with Crippen LogP contribution in [0.3, 0.4) is 0 Å². The van der Waals surface area contributed by atoms with Crippen LogP contribution in [0.15, 0.2) is 30.6 Å². The average Bonchev–Trinajstić information content (AvgIpc) is 3.00. The monoisotopic (exact) mass is 301 g/mol. The van der Waals surface area contributed by atoms with Gasteiger partial charge < -0.3 is 9.51 Å². The van der Waals surface area contributed by atoms with Gasteiger partial charge in [0.15, 0.2) is 0 Å². The number of thiazole rings is 1. The third-order valence-corrected chi connectivity index (χ3v) is 4.18. The summed E-state index contributed by atoms with van der Waals surface area (Å²) in [7, 11) is 0. The van der Waals surface area contributed by atoms with Crippen LogP contribution in [0.4, 0.5) is 0 Å². The molecule has 0 aliphatic carbocycles. The summed E-state index contributed by atoms with van der Waals surface area (Å²) < 4.78 is 1.90. The Balaban J connectivity index is 2.07. The van der Waals surface area contributed by atoms with Crippen LogP contribution >= 0.6 is 11.3 Å². The van der Waals surface area contributed by atoms with Crippen LogP contribution in [0.1, 0.15) is 29.2 Å². The zero-order valence-corrected chi connectivity index (χ0v) is 12.6. The first-order chi connectivity index (χ1) is 10.0. The maximum Gasteiger partial charge on any atom is 0.347 e. The van der Waals surface area contributed by atoms with Crippen molar-refractivity contribution in [1.29, 1.82) is 0 Å². The predicted octanol–water partition coefficient (Wildman–Crippen LogP) is 3.35. The molecular weight excluding hydrogens is 286 g/mol. The third-order valence-electron chi connectivity index (χ3n) is 3.08. The average molecular weight is 301 g/mol. The molecular formula is C15H15N3O2S. The minimum Gasteiger partial charge on any atom is -0.477 e. The molecule has 0 fully saturated rings. The van der Waals surface area contributed by atoms with Gasteiger partial charge in [0.2, 0.25) is 0 Å². The second kappa shape index (κ2) is 5.29. The second-order valence-corrected chi connectivity index (χ2v) is 6.29. The van der Waals surface area contributed by atoms with Crippen LogP contribution in [0, 0.1) is 5.92 Å². The van der Waals surface area contributed by atoms with Crippen molar-refractivity contribution < 1.29 is 9.90 Å². The summed E-state index contributed by atoms with van der Waals surface area (Å²) in [6.07, 6.45) is 4.44. The van der Waals surface area contributed by atoms with Gasteiger partial charge in [0.25, 0.3) is 0 Å². The molecule has 0 bridgehead atoms. The lowest BCUT2D eigenvalue weighted by Gasteiger charge is -2.01. The number of hydrogen-bond acceptors (Lipinski definition) is 4. The number of fused-ring (bicyclic) bond motifs is 1. The first-order valence-corrected chi connectivity index (χ1v) is 7.53. The van der Waals surface area contributed by atoms with Gasteiger partial charge in [-0.25, -0.2) is 14.8 Å². The van der Waals surface area contributed by atoms with E-state index in [1.54, 1.807) is 0 Å². The van der Waals surface area contributed by atoms with Crippen molar-refractivity contribution in [1.82, 2.24) is 14.4 Å². The third kappa shape index (κ3) is 2.67. The lowest BCUT2D eigenvalue weighted by atomic mass is 10.1. The highest BCUT2D eigenvalue weighted by atomic mass is 32.1. The number of aromatic nitrogens is 3. The minimum absolute atomic E-state index is 0.316. The number of pyridine rings is 1. The Hall–Kier alpha value is -2.21. The molecule has 3 aromatic rings. The van der Waals surface area contributed by atoms with Gasteiger partial charge in [-0.15, -0.1) is 11.3 Å². The second-order valence-electron chi connectivity index (χ2n) is 5.29. The number of carboxylic acid groups (broad SMARTS) is 1. The molecule has 6 heteroatoms. The molecule has 0 saturated carbocycles. The lowest BCUT2D eigenvalue weighted by molar-refractivity contribution is 0.0700. The number of aromatic carboxylic acids is 1. The van der Waals surface area contributed by atoms with E-state index in [1.165, 1.54) is 11.3 Å². The zero-order chi connectivity index (χ0) is 15.0. The summed E-state index contributed by atoms with van der Waals surface area (Å²) in [4.78, 5) is 20.7. The Labute approximate surface area is 125 Å². The van der Waals surface area contributed by atoms with Gasteiger partial charge in [0, 0.05) is 12.4 Å². The highest BCUT2D eigenvalue weighted by molar-refractivity contribution is 7.17. The normalized spacial score (nSPS) is 11.4. The standard InChI is InChI=1S/C15H15N3O2S/c1-9(2)7-10-13(15(19)20)21-14(17-10)11-8-18-6-4-3-5-12(18)16-11/h3-6,8-9H,7H2,1-2H3,(H,19,20). The Morgan fingerprint density at radius 1 is 1.38 bits per heavy atom. The van der Waals surface area contributed by atoms with Crippen LogP contribution in [0.5, 0.6) is 0 Å². The molecule has 1 N–H and O–H groups in total. The molecule has 3 heterocycles. The van der Waals surface area contributed by atoms with Gasteiger partial charge in [-0.2, -0.15) is 0 Å². The summed E-state index contributed by atoms with van der Waals surface area (Å²) in [5, 5.41) is 9.98. The van der Waals surface area contributed by atoms with E-state index < -0.39 is 5.97 Å². The molecule has 0 aromatic carbocycles. The largest absolute Gasteiger partial charge is 0.477 e. The molecule has 3 aromatic heterocycles. The van der Waals surface area contributed by atoms with Gasteiger partial charge in [-0.05, 0) is 24.5 Å². The molecule has 108 valence electrons. The number of nitrogens with zero attached hydrogens (tertiary/aromatic N) is 3. The van der Waals surface area contributed by atoms with E-state index in [2.05, 4.69) is 23.8 Å². The van der Waals surface area contributed by atoms with Crippen molar-refractivity contribution >= 4 is 23.0 Å². The summed E-state index contributed by atoms with van der Waals surface area (Å²) in [5.74, 6) is -0.558. The predicted molar refractivity (Wildman–Crippen MR) is 81.8 cm³/mol. The number of carboxylic acids is 1. The number of carbonyl (C=O) groups is 1. The van der Waals surface area contributed by atoms with Gasteiger partial charge in [0.05, 0.1) is 5.69 Å². The highest BCUT2D eigenvalue weighted by Crippen LogP contribution is 2.29. The molecule has 0 aliphatic rings. The quantitative estimate of drug-likeness (QED) is 0.802. The van der Waals surface area contributed by atoms with Crippen LogP contribution in [0.2, 0.25) is 0 Å². The number of hydrogen-bond donors (Lipinski definition) is 1. The van der Waals surface area contributed by atoms with E-state index >= 15 is 0 Å². The molecule has 0 radical (unpaired) electrons. The fourth-order valence-electron chi connectivity index (χ4n) is 2.19. The van der Waals surface area contributed by atoms with Gasteiger partial charge in [-0.1, -0.05) is 19.9 Å². The molecule has 0 atom stereocenters. The van der Waals surface area contributed by atoms with Crippen molar-refractivity contribution in [3.05, 3.63) is 41.2 Å². The molecule has 21 heavy (non-hydrogen) atoms. The van der Waals surface area contributed by atoms with Crippen LogP contribution in [0.25, 0.3) is 16.3 Å². The van der Waals surface area contributed by atoms with E-state index in [0.29, 0.717) is 33.6 Å². The minimum atomic E-state index is -0.918. The first-order valence-electron chi connectivity index (χ1n) is 6.71. The van der Waals surface area contributed by atoms with Crippen molar-refractivity contribution in [2.24, 2.45) is 5.92 Å². The van der Waals surface area contributed by atoms with E-state index in [-0.39, 0.29) is 0 Å². The van der Waals surface area contributed by atoms with Gasteiger partial charge in [0.1, 0.15) is 21.2 Å². The van der Waals surface area contributed by atoms with Crippen molar-refractivity contribution in [3.8, 4) is 10.7 Å². The maximum atomic E-state index is 11.4. The summed E-state index contributed by atoms with van der Waals surface area (Å²) in [6.45, 7) is 4.10. The Kier molecular flexibility index (Phi) is 3.47. The molecule has 0 amide bonds. The zero-order valence-electron chi connectivity index (χ0n) is 11.8. The fourth-order valence-corrected chi connectivity index (χ4v) is 3.08. The van der Waals surface area contributed by atoms with Crippen LogP contribution in [-0.4, -0.2) is 25.4 Å². The summed E-state index contributed by atoms with van der Waals surface area (Å²) in [6, 6.07) is 5.75. The Morgan fingerprint density at radius 3 is 2.86 bits per heavy atom. The van der Waals surface area contributed by atoms with Crippen molar-refractivity contribution in [3.63, 3.8) is 0 Å². The lowest BCUT2D eigenvalue weighted by Crippen LogP contribution is -2.02. The van der Waals surface area contributed by atoms with Crippen molar-refractivity contribution in [2.45, 2.75) is 20.3 Å². The molecule has 0 aliphatic heterocycles. The van der Waals surface area contributed by atoms with E-state index in [1.807, 2.05) is 35.0 Å². The Morgan fingerprint density at radius 2 is 2.19 bits per heavy atom. The van der Waals surface area contributed by atoms with Gasteiger partial charge in [-0.3, -0.25) is 0 Å². The maximum absolute atomic E-state index is 11.4. The van der Waals surface area contributed by atoms with Crippen LogP contribution in [-0.2, 0) is 6.42 Å². The SMILES string of the molecule is CC(C)Cc1nc(-c2cn3ccccc3n2)sc1C(=O)O. The van der Waals surface area contributed by atoms with Crippen molar-refractivity contribution in [2.75, 3.05) is 0 Å². The van der Waals surface area contributed by atoms with E-state index in [0.717, 1.165) is 5.65 Å². The topological polar surface area (TPSA) is 67.5 Å². The molecule has 5 nitrogen and oxygen atoms in total. The molecule has 0 unspecified atom stereocenters. The number of imidazole rings is 1. The molecule has 3 rings (SSSR count). The first kappa shape index (κ1) is 13.8. The fraction of sp³-hybridized carbons (Fsp3) is 0.267. The molecule has 0 saturated heterocycles. The summed E-state index contributed by atoms with van der Waals surface area (Å²) >= 11 is 1.19. The highest BCUT2D eigenvalue weighted by Gasteiger charge is 2.20. The Bertz CT molecular complexity index is 771. The summed E-state index contributed by atoms with van der Waals surface area (Å²) in [5.41, 5.74) is 2.18. The number of rotatable bonds is 4.